The predicted octanol–water partition coefficient (Wildman–Crippen LogP) is 3.28. The average Bonchev–Trinajstić information content (AvgIpc) is 3.17. The van der Waals surface area contributed by atoms with Crippen molar-refractivity contribution in [1.82, 2.24) is 4.98 Å². The second-order valence-electron chi connectivity index (χ2n) is 4.60. The minimum atomic E-state index is -4.85. The van der Waals surface area contributed by atoms with Crippen molar-refractivity contribution >= 4 is 22.8 Å². The van der Waals surface area contributed by atoms with Gasteiger partial charge in [0.1, 0.15) is 5.04 Å². The molecule has 1 aliphatic heterocycles. The number of nitrogens with zero attached hydrogens (tertiary/aromatic N) is 2. The summed E-state index contributed by atoms with van der Waals surface area (Å²) < 4.78 is 49.8. The molecule has 0 amide bonds. The Hall–Kier alpha value is -2.29. The van der Waals surface area contributed by atoms with Crippen molar-refractivity contribution in [2.45, 2.75) is 11.9 Å². The van der Waals surface area contributed by atoms with Crippen LogP contribution in [0.2, 0.25) is 0 Å². The first-order valence-electron chi connectivity index (χ1n) is 6.38. The Morgan fingerprint density at radius 2 is 2.17 bits per heavy atom. The number of esters is 1. The molecule has 23 heavy (non-hydrogen) atoms. The van der Waals surface area contributed by atoms with Crippen LogP contribution in [0.15, 0.2) is 52.3 Å². The molecule has 0 saturated carbocycles. The number of aliphatic imine (C=N–C) groups is 1. The molecule has 3 rings (SSSR count). The highest BCUT2D eigenvalue weighted by atomic mass is 32.2. The summed E-state index contributed by atoms with van der Waals surface area (Å²) in [7, 11) is 0. The lowest BCUT2D eigenvalue weighted by atomic mass is 10.2. The number of hydrogen-bond donors (Lipinski definition) is 0. The first kappa shape index (κ1) is 15.6. The molecule has 2 aromatic heterocycles. The molecule has 5 nitrogen and oxygen atoms in total. The number of ether oxygens (including phenoxy) is 1. The summed E-state index contributed by atoms with van der Waals surface area (Å²) in [6.45, 7) is 0. The molecule has 1 unspecified atom stereocenters. The average molecular weight is 342 g/mol. The molecule has 0 radical (unpaired) electrons. The van der Waals surface area contributed by atoms with E-state index in [1.807, 2.05) is 0 Å². The van der Waals surface area contributed by atoms with Gasteiger partial charge in [-0.1, -0.05) is 11.8 Å². The largest absolute Gasteiger partial charge is 0.457 e. The van der Waals surface area contributed by atoms with Gasteiger partial charge in [-0.05, 0) is 24.3 Å². The molecule has 0 saturated heterocycles. The van der Waals surface area contributed by atoms with E-state index in [0.29, 0.717) is 5.56 Å². The number of aromatic nitrogens is 1. The van der Waals surface area contributed by atoms with Crippen LogP contribution < -0.4 is 0 Å². The monoisotopic (exact) mass is 342 g/mol. The standard InChI is InChI=1S/C14H9F3N2O3S/c15-14(16,17)13(22-12(20)10-4-2-6-21-10)8-23-11(19-13)9-3-1-5-18-7-9/h1-7H,8H2. The summed E-state index contributed by atoms with van der Waals surface area (Å²) in [4.78, 5) is 19.3. The molecular weight excluding hydrogens is 333 g/mol. The number of alkyl halides is 3. The van der Waals surface area contributed by atoms with Crippen molar-refractivity contribution < 1.29 is 27.1 Å². The molecule has 120 valence electrons. The van der Waals surface area contributed by atoms with Crippen LogP contribution in [-0.4, -0.2) is 33.7 Å². The molecule has 0 fully saturated rings. The summed E-state index contributed by atoms with van der Waals surface area (Å²) in [5, 5.41) is 0.114. The van der Waals surface area contributed by atoms with E-state index in [-0.39, 0.29) is 10.8 Å². The summed E-state index contributed by atoms with van der Waals surface area (Å²) >= 11 is 0.851. The molecule has 0 bridgehead atoms. The summed E-state index contributed by atoms with van der Waals surface area (Å²) in [5.74, 6) is -2.10. The normalized spacial score (nSPS) is 21.1. The molecule has 1 aliphatic rings. The van der Waals surface area contributed by atoms with E-state index in [0.717, 1.165) is 11.8 Å². The maximum atomic E-state index is 13.5. The van der Waals surface area contributed by atoms with Crippen molar-refractivity contribution in [3.05, 3.63) is 54.2 Å². The molecule has 2 aromatic rings. The minimum absolute atomic E-state index is 0.114. The Morgan fingerprint density at radius 3 is 2.78 bits per heavy atom. The number of furan rings is 1. The zero-order chi connectivity index (χ0) is 16.5. The predicted molar refractivity (Wildman–Crippen MR) is 76.1 cm³/mol. The van der Waals surface area contributed by atoms with Crippen molar-refractivity contribution in [3.63, 3.8) is 0 Å². The molecule has 0 aliphatic carbocycles. The fourth-order valence-corrected chi connectivity index (χ4v) is 3.00. The Morgan fingerprint density at radius 1 is 1.35 bits per heavy atom. The van der Waals surface area contributed by atoms with Crippen molar-refractivity contribution in [3.8, 4) is 0 Å². The first-order chi connectivity index (χ1) is 10.9. The van der Waals surface area contributed by atoms with Crippen LogP contribution in [0.25, 0.3) is 0 Å². The molecule has 0 N–H and O–H groups in total. The Bertz CT molecular complexity index is 731. The number of halogens is 3. The van der Waals surface area contributed by atoms with Crippen molar-refractivity contribution in [2.75, 3.05) is 5.75 Å². The lowest BCUT2D eigenvalue weighted by molar-refractivity contribution is -0.245. The highest BCUT2D eigenvalue weighted by Gasteiger charge is 2.61. The zero-order valence-electron chi connectivity index (χ0n) is 11.4. The Labute approximate surface area is 132 Å². The third-order valence-electron chi connectivity index (χ3n) is 3.02. The number of hydrogen-bond acceptors (Lipinski definition) is 6. The van der Waals surface area contributed by atoms with Gasteiger partial charge in [0.2, 0.25) is 5.76 Å². The maximum absolute atomic E-state index is 13.5. The number of rotatable bonds is 3. The molecule has 3 heterocycles. The third-order valence-corrected chi connectivity index (χ3v) is 4.16. The minimum Gasteiger partial charge on any atom is -0.457 e. The number of carbonyl (C=O) groups is 1. The van der Waals surface area contributed by atoms with Gasteiger partial charge in [-0.25, -0.2) is 9.79 Å². The van der Waals surface area contributed by atoms with E-state index in [9.17, 15) is 18.0 Å². The van der Waals surface area contributed by atoms with Crippen LogP contribution in [-0.2, 0) is 4.74 Å². The number of pyridine rings is 1. The van der Waals surface area contributed by atoms with Gasteiger partial charge in [-0.3, -0.25) is 4.98 Å². The summed E-state index contributed by atoms with van der Waals surface area (Å²) in [5.41, 5.74) is -2.51. The van der Waals surface area contributed by atoms with E-state index in [1.165, 1.54) is 30.8 Å². The van der Waals surface area contributed by atoms with Gasteiger partial charge >= 0.3 is 17.9 Å². The van der Waals surface area contributed by atoms with Crippen LogP contribution >= 0.6 is 11.8 Å². The number of carbonyl (C=O) groups excluding carboxylic acids is 1. The lowest BCUT2D eigenvalue weighted by Crippen LogP contribution is -2.48. The Kier molecular flexibility index (Phi) is 3.88. The van der Waals surface area contributed by atoms with Crippen molar-refractivity contribution in [2.24, 2.45) is 4.99 Å². The topological polar surface area (TPSA) is 64.7 Å². The molecule has 0 aromatic carbocycles. The Balaban J connectivity index is 1.93. The van der Waals surface area contributed by atoms with E-state index >= 15 is 0 Å². The van der Waals surface area contributed by atoms with Crippen LogP contribution in [0, 0.1) is 0 Å². The van der Waals surface area contributed by atoms with E-state index < -0.39 is 23.6 Å². The second kappa shape index (κ2) is 5.73. The van der Waals surface area contributed by atoms with Gasteiger partial charge in [0.25, 0.3) is 0 Å². The summed E-state index contributed by atoms with van der Waals surface area (Å²) in [6, 6.07) is 5.77. The van der Waals surface area contributed by atoms with Gasteiger partial charge < -0.3 is 9.15 Å². The van der Waals surface area contributed by atoms with E-state index in [2.05, 4.69) is 14.7 Å². The molecular formula is C14H9F3N2O3S. The highest BCUT2D eigenvalue weighted by Crippen LogP contribution is 2.44. The van der Waals surface area contributed by atoms with Gasteiger partial charge in [0, 0.05) is 18.0 Å². The van der Waals surface area contributed by atoms with Gasteiger partial charge in [0.05, 0.1) is 12.0 Å². The first-order valence-corrected chi connectivity index (χ1v) is 7.36. The van der Waals surface area contributed by atoms with Crippen LogP contribution in [0.4, 0.5) is 13.2 Å². The lowest BCUT2D eigenvalue weighted by Gasteiger charge is -2.27. The third kappa shape index (κ3) is 2.96. The second-order valence-corrected chi connectivity index (χ2v) is 5.56. The molecule has 9 heteroatoms. The quantitative estimate of drug-likeness (QED) is 0.801. The molecule has 1 atom stereocenters. The van der Waals surface area contributed by atoms with Crippen molar-refractivity contribution in [1.29, 1.82) is 0 Å². The van der Waals surface area contributed by atoms with E-state index in [1.54, 1.807) is 12.1 Å². The SMILES string of the molecule is O=C(OC1(C(F)(F)F)CSC(c2cccnc2)=N1)c1ccco1. The number of thioether (sulfide) groups is 1. The van der Waals surface area contributed by atoms with Gasteiger partial charge in [-0.15, -0.1) is 0 Å². The van der Waals surface area contributed by atoms with E-state index in [4.69, 9.17) is 4.42 Å². The van der Waals surface area contributed by atoms with Crippen LogP contribution in [0.5, 0.6) is 0 Å². The zero-order valence-corrected chi connectivity index (χ0v) is 12.2. The van der Waals surface area contributed by atoms with Crippen LogP contribution in [0.3, 0.4) is 0 Å². The maximum Gasteiger partial charge on any atom is 0.451 e. The van der Waals surface area contributed by atoms with Crippen LogP contribution in [0.1, 0.15) is 16.1 Å². The smallest absolute Gasteiger partial charge is 0.451 e. The highest BCUT2D eigenvalue weighted by molar-refractivity contribution is 8.14. The fourth-order valence-electron chi connectivity index (χ4n) is 1.89. The molecule has 0 spiro atoms. The summed E-state index contributed by atoms with van der Waals surface area (Å²) in [6.07, 6.45) is -0.791. The van der Waals surface area contributed by atoms with Gasteiger partial charge in [0.15, 0.2) is 0 Å². The fraction of sp³-hybridized carbons (Fsp3) is 0.214. The van der Waals surface area contributed by atoms with Gasteiger partial charge in [-0.2, -0.15) is 13.2 Å².